The third-order valence-corrected chi connectivity index (χ3v) is 5.16. The Morgan fingerprint density at radius 2 is 2.00 bits per heavy atom. The van der Waals surface area contributed by atoms with Crippen LogP contribution in [-0.4, -0.2) is 29.4 Å². The maximum atomic E-state index is 3.71. The highest BCUT2D eigenvalue weighted by Crippen LogP contribution is 2.25. The summed E-state index contributed by atoms with van der Waals surface area (Å²) in [6.45, 7) is 4.83. The van der Waals surface area contributed by atoms with Gasteiger partial charge in [0.25, 0.3) is 0 Å². The predicted molar refractivity (Wildman–Crippen MR) is 87.1 cm³/mol. The van der Waals surface area contributed by atoms with E-state index in [0.29, 0.717) is 5.92 Å². The van der Waals surface area contributed by atoms with Gasteiger partial charge in [0, 0.05) is 23.8 Å². The maximum absolute atomic E-state index is 3.71. The fraction of sp³-hybridized carbons (Fsp3) is 0.647. The lowest BCUT2D eigenvalue weighted by molar-refractivity contribution is 0.186. The molecule has 2 unspecified atom stereocenters. The first-order valence-electron chi connectivity index (χ1n) is 7.70. The number of hydrogen-bond acceptors (Lipinski definition) is 1. The molecule has 0 bridgehead atoms. The van der Waals surface area contributed by atoms with Crippen LogP contribution >= 0.6 is 15.9 Å². The molecule has 1 aliphatic heterocycles. The molecule has 1 saturated heterocycles. The Morgan fingerprint density at radius 1 is 1.21 bits per heavy atom. The Morgan fingerprint density at radius 3 is 2.68 bits per heavy atom. The van der Waals surface area contributed by atoms with Crippen molar-refractivity contribution in [2.24, 2.45) is 0 Å². The van der Waals surface area contributed by atoms with E-state index in [1.807, 2.05) is 0 Å². The normalized spacial score (nSPS) is 22.9. The average molecular weight is 324 g/mol. The molecule has 2 heteroatoms. The first-order valence-corrected chi connectivity index (χ1v) is 8.82. The van der Waals surface area contributed by atoms with Crippen LogP contribution in [0, 0.1) is 0 Å². The molecule has 1 fully saturated rings. The molecule has 2 atom stereocenters. The van der Waals surface area contributed by atoms with Gasteiger partial charge in [-0.15, -0.1) is 0 Å². The van der Waals surface area contributed by atoms with E-state index in [9.17, 15) is 0 Å². The monoisotopic (exact) mass is 323 g/mol. The van der Waals surface area contributed by atoms with Gasteiger partial charge in [0.1, 0.15) is 0 Å². The van der Waals surface area contributed by atoms with Crippen LogP contribution in [0.3, 0.4) is 0 Å². The van der Waals surface area contributed by atoms with Gasteiger partial charge >= 0.3 is 0 Å². The van der Waals surface area contributed by atoms with E-state index in [-0.39, 0.29) is 0 Å². The zero-order chi connectivity index (χ0) is 13.5. The molecular formula is C17H26BrN. The van der Waals surface area contributed by atoms with Crippen molar-refractivity contribution in [3.8, 4) is 0 Å². The van der Waals surface area contributed by atoms with Gasteiger partial charge in [0.2, 0.25) is 0 Å². The van der Waals surface area contributed by atoms with Crippen LogP contribution in [-0.2, 0) is 0 Å². The number of rotatable bonds is 5. The van der Waals surface area contributed by atoms with Crippen molar-refractivity contribution in [2.75, 3.05) is 18.4 Å². The third kappa shape index (κ3) is 4.32. The molecule has 0 N–H and O–H groups in total. The molecule has 1 aliphatic rings. The predicted octanol–water partition coefficient (Wildman–Crippen LogP) is 4.82. The Balaban J connectivity index is 2.03. The number of halogens is 1. The van der Waals surface area contributed by atoms with Crippen LogP contribution in [0.15, 0.2) is 30.3 Å². The quantitative estimate of drug-likeness (QED) is 0.702. The molecule has 19 heavy (non-hydrogen) atoms. The molecule has 1 aromatic carbocycles. The van der Waals surface area contributed by atoms with Crippen molar-refractivity contribution >= 4 is 15.9 Å². The van der Waals surface area contributed by atoms with Gasteiger partial charge in [-0.05, 0) is 31.4 Å². The topological polar surface area (TPSA) is 3.24 Å². The van der Waals surface area contributed by atoms with Gasteiger partial charge in [0.15, 0.2) is 0 Å². The molecule has 0 aliphatic carbocycles. The summed E-state index contributed by atoms with van der Waals surface area (Å²) >= 11 is 3.71. The largest absolute Gasteiger partial charge is 0.300 e. The lowest BCUT2D eigenvalue weighted by atomic mass is 9.99. The smallest absolute Gasteiger partial charge is 0.0112 e. The van der Waals surface area contributed by atoms with Crippen LogP contribution in [0.25, 0.3) is 0 Å². The van der Waals surface area contributed by atoms with E-state index in [0.717, 1.165) is 11.4 Å². The van der Waals surface area contributed by atoms with E-state index in [1.54, 1.807) is 0 Å². The maximum Gasteiger partial charge on any atom is 0.0112 e. The van der Waals surface area contributed by atoms with Gasteiger partial charge < -0.3 is 0 Å². The Bertz CT molecular complexity index is 352. The fourth-order valence-corrected chi connectivity index (χ4v) is 3.77. The summed E-state index contributed by atoms with van der Waals surface area (Å²) in [7, 11) is 0. The first-order chi connectivity index (χ1) is 9.35. The van der Waals surface area contributed by atoms with E-state index >= 15 is 0 Å². The number of nitrogens with zero attached hydrogens (tertiary/aromatic N) is 1. The van der Waals surface area contributed by atoms with Crippen molar-refractivity contribution in [3.05, 3.63) is 35.9 Å². The minimum absolute atomic E-state index is 0.619. The van der Waals surface area contributed by atoms with E-state index in [4.69, 9.17) is 0 Å². The standard InChI is InChI=1S/C17H26BrN/c1-2-17-11-7-4-8-12-19(17)14-16(13-18)15-9-5-3-6-10-15/h3,5-6,9-10,16-17H,2,4,7-8,11-14H2,1H3. The molecule has 0 spiro atoms. The van der Waals surface area contributed by atoms with Crippen LogP contribution in [0.2, 0.25) is 0 Å². The van der Waals surface area contributed by atoms with Crippen molar-refractivity contribution in [3.63, 3.8) is 0 Å². The number of likely N-dealkylation sites (tertiary alicyclic amines) is 1. The molecule has 1 aromatic rings. The zero-order valence-corrected chi connectivity index (χ0v) is 13.6. The second kappa shape index (κ2) is 8.06. The third-order valence-electron chi connectivity index (χ3n) is 4.38. The Kier molecular flexibility index (Phi) is 6.39. The number of alkyl halides is 1. The second-order valence-corrected chi connectivity index (χ2v) is 6.32. The molecule has 2 rings (SSSR count). The summed E-state index contributed by atoms with van der Waals surface area (Å²) in [5, 5.41) is 1.06. The summed E-state index contributed by atoms with van der Waals surface area (Å²) in [6, 6.07) is 11.8. The van der Waals surface area contributed by atoms with Gasteiger partial charge in [-0.2, -0.15) is 0 Å². The van der Waals surface area contributed by atoms with Crippen LogP contribution in [0.1, 0.15) is 50.5 Å². The highest BCUT2D eigenvalue weighted by atomic mass is 79.9. The van der Waals surface area contributed by atoms with Crippen LogP contribution in [0.4, 0.5) is 0 Å². The number of hydrogen-bond donors (Lipinski definition) is 0. The highest BCUT2D eigenvalue weighted by Gasteiger charge is 2.22. The minimum Gasteiger partial charge on any atom is -0.300 e. The van der Waals surface area contributed by atoms with E-state index in [1.165, 1.54) is 50.8 Å². The summed E-state index contributed by atoms with van der Waals surface area (Å²) in [5.41, 5.74) is 1.47. The van der Waals surface area contributed by atoms with Crippen molar-refractivity contribution in [1.29, 1.82) is 0 Å². The van der Waals surface area contributed by atoms with Gasteiger partial charge in [-0.1, -0.05) is 66.0 Å². The lowest BCUT2D eigenvalue weighted by Gasteiger charge is -2.32. The van der Waals surface area contributed by atoms with Gasteiger partial charge in [-0.3, -0.25) is 4.90 Å². The molecular weight excluding hydrogens is 298 g/mol. The molecule has 1 heterocycles. The molecule has 0 amide bonds. The molecule has 106 valence electrons. The molecule has 0 radical (unpaired) electrons. The Hall–Kier alpha value is -0.340. The van der Waals surface area contributed by atoms with E-state index in [2.05, 4.69) is 58.1 Å². The average Bonchev–Trinajstić information content (AvgIpc) is 2.70. The van der Waals surface area contributed by atoms with Crippen molar-refractivity contribution in [2.45, 2.75) is 51.0 Å². The molecule has 1 nitrogen and oxygen atoms in total. The molecule has 0 saturated carbocycles. The molecule has 0 aromatic heterocycles. The summed E-state index contributed by atoms with van der Waals surface area (Å²) in [5.74, 6) is 0.619. The van der Waals surface area contributed by atoms with Gasteiger partial charge in [-0.25, -0.2) is 0 Å². The summed E-state index contributed by atoms with van der Waals surface area (Å²) in [6.07, 6.45) is 6.89. The van der Waals surface area contributed by atoms with E-state index < -0.39 is 0 Å². The Labute approximate surface area is 126 Å². The fourth-order valence-electron chi connectivity index (χ4n) is 3.19. The lowest BCUT2D eigenvalue weighted by Crippen LogP contribution is -2.38. The second-order valence-electron chi connectivity index (χ2n) is 5.67. The zero-order valence-electron chi connectivity index (χ0n) is 12.0. The van der Waals surface area contributed by atoms with Crippen LogP contribution < -0.4 is 0 Å². The minimum atomic E-state index is 0.619. The van der Waals surface area contributed by atoms with Crippen LogP contribution in [0.5, 0.6) is 0 Å². The summed E-state index contributed by atoms with van der Waals surface area (Å²) < 4.78 is 0. The highest BCUT2D eigenvalue weighted by molar-refractivity contribution is 9.09. The summed E-state index contributed by atoms with van der Waals surface area (Å²) in [4.78, 5) is 2.74. The van der Waals surface area contributed by atoms with Gasteiger partial charge in [0.05, 0.1) is 0 Å². The number of benzene rings is 1. The SMILES string of the molecule is CCC1CCCCCN1CC(CBr)c1ccccc1. The van der Waals surface area contributed by atoms with Crippen molar-refractivity contribution < 1.29 is 0 Å². The first kappa shape index (κ1) is 15.1. The van der Waals surface area contributed by atoms with Crippen molar-refractivity contribution in [1.82, 2.24) is 4.90 Å².